The summed E-state index contributed by atoms with van der Waals surface area (Å²) in [6, 6.07) is 35.4. The van der Waals surface area contributed by atoms with Crippen molar-refractivity contribution in [2.75, 3.05) is 0 Å². The number of hydrogen-bond donors (Lipinski definition) is 0. The Labute approximate surface area is 189 Å². The van der Waals surface area contributed by atoms with Crippen molar-refractivity contribution in [3.63, 3.8) is 0 Å². The van der Waals surface area contributed by atoms with Crippen molar-refractivity contribution in [1.29, 1.82) is 0 Å². The third-order valence-electron chi connectivity index (χ3n) is 6.13. The molecule has 0 aliphatic carbocycles. The first kappa shape index (κ1) is 19.1. The van der Waals surface area contributed by atoms with Gasteiger partial charge in [0.1, 0.15) is 0 Å². The highest BCUT2D eigenvalue weighted by Gasteiger charge is 2.23. The Morgan fingerprint density at radius 3 is 2.06 bits per heavy atom. The normalized spacial score (nSPS) is 11.3. The fourth-order valence-corrected chi connectivity index (χ4v) is 4.72. The lowest BCUT2D eigenvalue weighted by Gasteiger charge is -2.17. The van der Waals surface area contributed by atoms with Crippen molar-refractivity contribution in [2.45, 2.75) is 0 Å². The van der Waals surface area contributed by atoms with Crippen LogP contribution < -0.4 is 0 Å². The molecule has 0 aliphatic rings. The number of nitro benzene ring substituents is 1. The fraction of sp³-hybridized carbons (Fsp3) is 0. The Hall–Kier alpha value is -4.57. The van der Waals surface area contributed by atoms with Gasteiger partial charge in [0.05, 0.1) is 21.5 Å². The average molecular weight is 426 g/mol. The zero-order valence-electron chi connectivity index (χ0n) is 17.6. The Balaban J connectivity index is 1.90. The molecule has 1 aromatic heterocycles. The van der Waals surface area contributed by atoms with Crippen molar-refractivity contribution in [2.24, 2.45) is 0 Å². The summed E-state index contributed by atoms with van der Waals surface area (Å²) in [6.45, 7) is 0. The number of rotatable bonds is 3. The molecule has 0 amide bonds. The van der Waals surface area contributed by atoms with Crippen LogP contribution in [0.15, 0.2) is 109 Å². The summed E-state index contributed by atoms with van der Waals surface area (Å²) in [7, 11) is 0. The van der Waals surface area contributed by atoms with Crippen molar-refractivity contribution in [3.05, 3.63) is 119 Å². The number of aromatic nitrogens is 1. The molecule has 6 aromatic rings. The van der Waals surface area contributed by atoms with E-state index < -0.39 is 0 Å². The molecule has 0 unspecified atom stereocenters. The molecule has 0 N–H and O–H groups in total. The van der Waals surface area contributed by atoms with E-state index in [9.17, 15) is 10.1 Å². The maximum atomic E-state index is 12.0. The summed E-state index contributed by atoms with van der Waals surface area (Å²) in [5.74, 6) is 0. The molecular formula is C29H18N2O2. The molecule has 0 radical (unpaired) electrons. The van der Waals surface area contributed by atoms with Crippen LogP contribution >= 0.6 is 0 Å². The number of fused-ring (bicyclic) bond motifs is 3. The summed E-state index contributed by atoms with van der Waals surface area (Å²) in [6.07, 6.45) is 0. The predicted octanol–water partition coefficient (Wildman–Crippen LogP) is 7.78. The highest BCUT2D eigenvalue weighted by molar-refractivity contribution is 6.22. The van der Waals surface area contributed by atoms with Crippen LogP contribution in [0.2, 0.25) is 0 Å². The number of nitro groups is 1. The van der Waals surface area contributed by atoms with Gasteiger partial charge >= 0.3 is 0 Å². The highest BCUT2D eigenvalue weighted by atomic mass is 16.6. The third kappa shape index (κ3) is 3.04. The molecule has 0 saturated carbocycles. The lowest BCUT2D eigenvalue weighted by atomic mass is 9.87. The molecule has 4 heteroatoms. The van der Waals surface area contributed by atoms with E-state index in [2.05, 4.69) is 24.3 Å². The van der Waals surface area contributed by atoms with E-state index in [1.54, 1.807) is 12.1 Å². The summed E-state index contributed by atoms with van der Waals surface area (Å²) >= 11 is 0. The van der Waals surface area contributed by atoms with Crippen molar-refractivity contribution in [3.8, 4) is 22.3 Å². The van der Waals surface area contributed by atoms with Gasteiger partial charge in [-0.25, -0.2) is 4.98 Å². The molecule has 0 fully saturated rings. The quantitative estimate of drug-likeness (QED) is 0.165. The standard InChI is InChI=1S/C29H18N2O2/c32-31(33)26-17-9-7-15-23(26)28-22-14-6-5-13-21(22)27(19-10-2-1-3-11-19)29-24(28)18-20-12-4-8-16-25(20)30-29/h1-18H. The van der Waals surface area contributed by atoms with E-state index in [0.29, 0.717) is 5.56 Å². The van der Waals surface area contributed by atoms with Crippen molar-refractivity contribution < 1.29 is 4.92 Å². The zero-order chi connectivity index (χ0) is 22.4. The van der Waals surface area contributed by atoms with Gasteiger partial charge in [-0.1, -0.05) is 84.9 Å². The minimum absolute atomic E-state index is 0.0876. The van der Waals surface area contributed by atoms with E-state index in [0.717, 1.165) is 49.3 Å². The average Bonchev–Trinajstić information content (AvgIpc) is 2.86. The fourth-order valence-electron chi connectivity index (χ4n) is 4.72. The Morgan fingerprint density at radius 2 is 1.27 bits per heavy atom. The lowest BCUT2D eigenvalue weighted by molar-refractivity contribution is -0.384. The van der Waals surface area contributed by atoms with Crippen LogP contribution in [-0.4, -0.2) is 9.91 Å². The van der Waals surface area contributed by atoms with E-state index in [1.807, 2.05) is 72.8 Å². The van der Waals surface area contributed by atoms with Gasteiger partial charge in [-0.3, -0.25) is 10.1 Å². The van der Waals surface area contributed by atoms with Gasteiger partial charge in [-0.2, -0.15) is 0 Å². The van der Waals surface area contributed by atoms with Gasteiger partial charge in [0.25, 0.3) is 5.69 Å². The summed E-state index contributed by atoms with van der Waals surface area (Å²) in [5, 5.41) is 15.8. The third-order valence-corrected chi connectivity index (χ3v) is 6.13. The van der Waals surface area contributed by atoms with Gasteiger partial charge in [0, 0.05) is 28.0 Å². The molecule has 0 spiro atoms. The molecule has 0 aliphatic heterocycles. The van der Waals surface area contributed by atoms with Gasteiger partial charge < -0.3 is 0 Å². The smallest absolute Gasteiger partial charge is 0.258 e. The molecule has 1 heterocycles. The molecule has 33 heavy (non-hydrogen) atoms. The number of nitrogens with zero attached hydrogens (tertiary/aromatic N) is 2. The minimum Gasteiger partial charge on any atom is -0.258 e. The van der Waals surface area contributed by atoms with E-state index in [4.69, 9.17) is 4.98 Å². The SMILES string of the molecule is O=[N+]([O-])c1ccccc1-c1c2ccccc2c(-c2ccccc2)c2nc3ccccc3cc12. The van der Waals surface area contributed by atoms with E-state index in [-0.39, 0.29) is 10.6 Å². The van der Waals surface area contributed by atoms with Gasteiger partial charge in [-0.15, -0.1) is 0 Å². The van der Waals surface area contributed by atoms with Crippen molar-refractivity contribution in [1.82, 2.24) is 4.98 Å². The summed E-state index contributed by atoms with van der Waals surface area (Å²) in [5.41, 5.74) is 5.36. The second-order valence-electron chi connectivity index (χ2n) is 8.01. The van der Waals surface area contributed by atoms with Gasteiger partial charge in [0.15, 0.2) is 0 Å². The molecule has 156 valence electrons. The second kappa shape index (κ2) is 7.53. The number of para-hydroxylation sites is 2. The van der Waals surface area contributed by atoms with Crippen LogP contribution in [0.1, 0.15) is 0 Å². The van der Waals surface area contributed by atoms with Crippen LogP contribution in [0.4, 0.5) is 5.69 Å². The predicted molar refractivity (Wildman–Crippen MR) is 134 cm³/mol. The lowest BCUT2D eigenvalue weighted by Crippen LogP contribution is -1.96. The molecule has 0 bridgehead atoms. The molecule has 0 atom stereocenters. The molecule has 5 aromatic carbocycles. The first-order chi connectivity index (χ1) is 16.2. The summed E-state index contributed by atoms with van der Waals surface area (Å²) < 4.78 is 0. The van der Waals surface area contributed by atoms with Crippen LogP contribution in [0.5, 0.6) is 0 Å². The first-order valence-corrected chi connectivity index (χ1v) is 10.8. The first-order valence-electron chi connectivity index (χ1n) is 10.8. The van der Waals surface area contributed by atoms with Gasteiger partial charge in [-0.05, 0) is 34.5 Å². The second-order valence-corrected chi connectivity index (χ2v) is 8.01. The van der Waals surface area contributed by atoms with Gasteiger partial charge in [0.2, 0.25) is 0 Å². The van der Waals surface area contributed by atoms with E-state index >= 15 is 0 Å². The van der Waals surface area contributed by atoms with Crippen LogP contribution in [0, 0.1) is 10.1 Å². The van der Waals surface area contributed by atoms with Crippen LogP contribution in [-0.2, 0) is 0 Å². The summed E-state index contributed by atoms with van der Waals surface area (Å²) in [4.78, 5) is 16.7. The Morgan fingerprint density at radius 1 is 0.636 bits per heavy atom. The largest absolute Gasteiger partial charge is 0.277 e. The monoisotopic (exact) mass is 426 g/mol. The highest BCUT2D eigenvalue weighted by Crippen LogP contribution is 2.45. The zero-order valence-corrected chi connectivity index (χ0v) is 17.6. The topological polar surface area (TPSA) is 56.0 Å². The van der Waals surface area contributed by atoms with Crippen molar-refractivity contribution >= 4 is 38.3 Å². The number of hydrogen-bond acceptors (Lipinski definition) is 3. The van der Waals surface area contributed by atoms with Crippen LogP contribution in [0.3, 0.4) is 0 Å². The molecular weight excluding hydrogens is 408 g/mol. The number of pyridine rings is 1. The van der Waals surface area contributed by atoms with Crippen LogP contribution in [0.25, 0.3) is 54.8 Å². The molecule has 4 nitrogen and oxygen atoms in total. The number of benzene rings is 5. The Kier molecular flexibility index (Phi) is 4.37. The molecule has 0 saturated heterocycles. The Bertz CT molecular complexity index is 1690. The maximum Gasteiger partial charge on any atom is 0.277 e. The maximum absolute atomic E-state index is 12.0. The van der Waals surface area contributed by atoms with E-state index in [1.165, 1.54) is 0 Å². The molecule has 6 rings (SSSR count). The minimum atomic E-state index is -0.310.